The van der Waals surface area contributed by atoms with Crippen molar-refractivity contribution in [2.45, 2.75) is 0 Å². The van der Waals surface area contributed by atoms with Gasteiger partial charge < -0.3 is 9.97 Å². The van der Waals surface area contributed by atoms with Crippen LogP contribution in [0.5, 0.6) is 0 Å². The molecule has 3 aromatic heterocycles. The van der Waals surface area contributed by atoms with Crippen molar-refractivity contribution in [2.24, 2.45) is 0 Å². The number of thiazole rings is 1. The van der Waals surface area contributed by atoms with Crippen LogP contribution in [0.1, 0.15) is 0 Å². The molecule has 3 aromatic rings. The second-order valence-corrected chi connectivity index (χ2v) is 3.08. The van der Waals surface area contributed by atoms with Crippen molar-refractivity contribution >= 4 is 11.3 Å². The number of aromatic nitrogens is 4. The molecule has 0 radical (unpaired) electrons. The van der Waals surface area contributed by atoms with Crippen LogP contribution in [-0.4, -0.2) is 19.9 Å². The molecule has 0 unspecified atom stereocenters. The first kappa shape index (κ1) is 11.2. The highest BCUT2D eigenvalue weighted by Gasteiger charge is 1.59. The molecule has 0 fully saturated rings. The van der Waals surface area contributed by atoms with Crippen LogP contribution in [0.2, 0.25) is 0 Å². The van der Waals surface area contributed by atoms with Crippen LogP contribution in [0.25, 0.3) is 0 Å². The number of nitrogens with zero attached hydrogens (tertiary/aromatic N) is 2. The van der Waals surface area contributed by atoms with Crippen molar-refractivity contribution in [3.05, 3.63) is 60.3 Å². The second kappa shape index (κ2) is 8.71. The fraction of sp³-hybridized carbons (Fsp3) is 0. The third-order valence-corrected chi connectivity index (χ3v) is 1.77. The zero-order valence-corrected chi connectivity index (χ0v) is 8.89. The highest BCUT2D eigenvalue weighted by atomic mass is 32.1. The Hall–Kier alpha value is -1.88. The Kier molecular flexibility index (Phi) is 6.50. The monoisotopic (exact) mass is 220 g/mol. The summed E-state index contributed by atoms with van der Waals surface area (Å²) < 4.78 is 0. The van der Waals surface area contributed by atoms with E-state index in [9.17, 15) is 0 Å². The topological polar surface area (TPSA) is 57.4 Å². The van der Waals surface area contributed by atoms with Crippen molar-refractivity contribution in [3.8, 4) is 0 Å². The van der Waals surface area contributed by atoms with Gasteiger partial charge in [0.15, 0.2) is 0 Å². The molecule has 78 valence electrons. The van der Waals surface area contributed by atoms with Gasteiger partial charge in [0.25, 0.3) is 0 Å². The summed E-state index contributed by atoms with van der Waals surface area (Å²) in [5, 5.41) is 1.93. The van der Waals surface area contributed by atoms with Crippen LogP contribution in [0.15, 0.2) is 60.3 Å². The van der Waals surface area contributed by atoms with Crippen molar-refractivity contribution < 1.29 is 0 Å². The Labute approximate surface area is 92.1 Å². The molecule has 0 spiro atoms. The van der Waals surface area contributed by atoms with E-state index in [1.165, 1.54) is 0 Å². The van der Waals surface area contributed by atoms with Gasteiger partial charge in [-0.05, 0) is 12.1 Å². The number of nitrogens with one attached hydrogen (secondary N) is 2. The Morgan fingerprint density at radius 2 is 1.73 bits per heavy atom. The molecule has 0 saturated heterocycles. The van der Waals surface area contributed by atoms with E-state index in [2.05, 4.69) is 19.9 Å². The summed E-state index contributed by atoms with van der Waals surface area (Å²) in [6.07, 6.45) is 10.6. The second-order valence-electron chi connectivity index (χ2n) is 2.32. The maximum absolute atomic E-state index is 3.74. The van der Waals surface area contributed by atoms with E-state index in [0.717, 1.165) is 0 Å². The predicted molar refractivity (Wildman–Crippen MR) is 61.5 cm³/mol. The van der Waals surface area contributed by atoms with E-state index < -0.39 is 0 Å². The van der Waals surface area contributed by atoms with Crippen molar-refractivity contribution in [1.29, 1.82) is 0 Å². The molecule has 0 aliphatic heterocycles. The largest absolute Gasteiger partial charge is 0.368 e. The highest BCUT2D eigenvalue weighted by Crippen LogP contribution is 1.85. The minimum atomic E-state index is 1.60. The van der Waals surface area contributed by atoms with Gasteiger partial charge in [0.2, 0.25) is 0 Å². The molecule has 5 heteroatoms. The number of rotatable bonds is 0. The van der Waals surface area contributed by atoms with Crippen molar-refractivity contribution in [3.63, 3.8) is 0 Å². The number of hydrogen-bond donors (Lipinski definition) is 2. The summed E-state index contributed by atoms with van der Waals surface area (Å²) >= 11 is 1.60. The summed E-state index contributed by atoms with van der Waals surface area (Å²) in [5.41, 5.74) is 1.79. The third-order valence-electron chi connectivity index (χ3n) is 1.25. The van der Waals surface area contributed by atoms with Gasteiger partial charge in [-0.2, -0.15) is 0 Å². The lowest BCUT2D eigenvalue weighted by molar-refractivity contribution is 1.31. The molecule has 15 heavy (non-hydrogen) atoms. The van der Waals surface area contributed by atoms with Gasteiger partial charge in [-0.15, -0.1) is 11.3 Å². The molecule has 0 aromatic carbocycles. The molecule has 0 bridgehead atoms. The molecule has 3 heterocycles. The van der Waals surface area contributed by atoms with E-state index in [-0.39, 0.29) is 0 Å². The Bertz CT molecular complexity index is 249. The third kappa shape index (κ3) is 7.21. The van der Waals surface area contributed by atoms with Crippen LogP contribution in [0.3, 0.4) is 0 Å². The number of aromatic amines is 2. The molecule has 0 aliphatic rings. The first-order valence-electron chi connectivity index (χ1n) is 4.33. The molecule has 0 atom stereocenters. The SMILES string of the molecule is c1c[nH]cn1.c1cc[nH]c1.c1cscn1. The van der Waals surface area contributed by atoms with Gasteiger partial charge in [0.1, 0.15) is 0 Å². The number of imidazole rings is 1. The Morgan fingerprint density at radius 3 is 1.93 bits per heavy atom. The maximum Gasteiger partial charge on any atom is 0.0919 e. The molecular weight excluding hydrogens is 208 g/mol. The minimum absolute atomic E-state index is 1.60. The molecule has 0 aliphatic carbocycles. The van der Waals surface area contributed by atoms with E-state index in [1.807, 2.05) is 29.9 Å². The summed E-state index contributed by atoms with van der Waals surface area (Å²) in [4.78, 5) is 13.0. The quantitative estimate of drug-likeness (QED) is 0.611. The average Bonchev–Trinajstić information content (AvgIpc) is 3.09. The maximum atomic E-state index is 3.74. The normalized spacial score (nSPS) is 8.00. The molecule has 3 rings (SSSR count). The molecule has 0 amide bonds. The average molecular weight is 220 g/mol. The van der Waals surface area contributed by atoms with Crippen LogP contribution in [0.4, 0.5) is 0 Å². The lowest BCUT2D eigenvalue weighted by Gasteiger charge is -1.49. The first-order chi connectivity index (χ1) is 7.50. The van der Waals surface area contributed by atoms with E-state index >= 15 is 0 Å². The van der Waals surface area contributed by atoms with Gasteiger partial charge >= 0.3 is 0 Å². The standard InChI is InChI=1S/C4H5N.C3H4N2.C3H3NS/c1-2-4-5-3-1;2*1-2-5-3-4-1/h1-5H;1-3H,(H,4,5);1-3H. The van der Waals surface area contributed by atoms with Crippen LogP contribution in [-0.2, 0) is 0 Å². The van der Waals surface area contributed by atoms with Gasteiger partial charge in [-0.1, -0.05) is 0 Å². The zero-order valence-electron chi connectivity index (χ0n) is 8.08. The summed E-state index contributed by atoms with van der Waals surface area (Å²) in [6, 6.07) is 3.89. The van der Waals surface area contributed by atoms with E-state index in [4.69, 9.17) is 0 Å². The van der Waals surface area contributed by atoms with Crippen LogP contribution in [0, 0.1) is 0 Å². The minimum Gasteiger partial charge on any atom is -0.368 e. The molecule has 0 saturated carbocycles. The molecule has 2 N–H and O–H groups in total. The fourth-order valence-corrected chi connectivity index (χ4v) is 1.02. The predicted octanol–water partition coefficient (Wildman–Crippen LogP) is 2.57. The van der Waals surface area contributed by atoms with Crippen LogP contribution >= 0.6 is 11.3 Å². The Morgan fingerprint density at radius 1 is 0.867 bits per heavy atom. The van der Waals surface area contributed by atoms with Gasteiger partial charge in [0, 0.05) is 36.4 Å². The highest BCUT2D eigenvalue weighted by molar-refractivity contribution is 7.07. The lowest BCUT2D eigenvalue weighted by Crippen LogP contribution is -1.44. The van der Waals surface area contributed by atoms with Gasteiger partial charge in [0.05, 0.1) is 11.8 Å². The Balaban J connectivity index is 0.000000112. The van der Waals surface area contributed by atoms with E-state index in [1.54, 1.807) is 41.8 Å². The van der Waals surface area contributed by atoms with Crippen molar-refractivity contribution in [2.75, 3.05) is 0 Å². The lowest BCUT2D eigenvalue weighted by atomic mass is 10.7. The van der Waals surface area contributed by atoms with Crippen molar-refractivity contribution in [1.82, 2.24) is 19.9 Å². The first-order valence-corrected chi connectivity index (χ1v) is 5.27. The van der Waals surface area contributed by atoms with Gasteiger partial charge in [-0.3, -0.25) is 4.98 Å². The smallest absolute Gasteiger partial charge is 0.0919 e. The van der Waals surface area contributed by atoms with Gasteiger partial charge in [-0.25, -0.2) is 4.98 Å². The zero-order chi connectivity index (χ0) is 10.6. The summed E-state index contributed by atoms with van der Waals surface area (Å²) in [7, 11) is 0. The number of H-pyrrole nitrogens is 2. The summed E-state index contributed by atoms with van der Waals surface area (Å²) in [5.74, 6) is 0. The number of hydrogen-bond acceptors (Lipinski definition) is 3. The molecule has 4 nitrogen and oxygen atoms in total. The summed E-state index contributed by atoms with van der Waals surface area (Å²) in [6.45, 7) is 0. The fourth-order valence-electron chi connectivity index (χ4n) is 0.669. The van der Waals surface area contributed by atoms with Crippen LogP contribution < -0.4 is 0 Å². The van der Waals surface area contributed by atoms with E-state index in [0.29, 0.717) is 0 Å². The molecular formula is C10H12N4S.